The maximum Gasteiger partial charge on any atom is 0.308 e. The molecule has 0 aromatic heterocycles. The average Bonchev–Trinajstić information content (AvgIpc) is 2.86. The Morgan fingerprint density at radius 2 is 2.11 bits per heavy atom. The molecular weight excluding hydrogens is 250 g/mol. The Morgan fingerprint density at radius 3 is 2.89 bits per heavy atom. The van der Waals surface area contributed by atoms with Crippen molar-refractivity contribution in [2.24, 2.45) is 5.92 Å². The van der Waals surface area contributed by atoms with Gasteiger partial charge in [-0.3, -0.25) is 9.59 Å². The molecule has 0 bridgehead atoms. The predicted octanol–water partition coefficient (Wildman–Crippen LogP) is 1.24. The van der Waals surface area contributed by atoms with Gasteiger partial charge in [0, 0.05) is 24.7 Å². The molecule has 0 aliphatic carbocycles. The summed E-state index contributed by atoms with van der Waals surface area (Å²) in [7, 11) is 0. The van der Waals surface area contributed by atoms with Crippen LogP contribution in [0.1, 0.15) is 12.8 Å². The molecule has 1 N–H and O–H groups in total. The molecule has 19 heavy (non-hydrogen) atoms. The van der Waals surface area contributed by atoms with Crippen LogP contribution in [0, 0.1) is 5.92 Å². The summed E-state index contributed by atoms with van der Waals surface area (Å²) in [4.78, 5) is 24.5. The van der Waals surface area contributed by atoms with E-state index in [2.05, 4.69) is 0 Å². The molecule has 1 aromatic carbocycles. The number of carboxylic acids is 1. The van der Waals surface area contributed by atoms with Crippen molar-refractivity contribution in [3.63, 3.8) is 0 Å². The molecule has 6 nitrogen and oxygen atoms in total. The summed E-state index contributed by atoms with van der Waals surface area (Å²) >= 11 is 0. The zero-order valence-electron chi connectivity index (χ0n) is 10.2. The second kappa shape index (κ2) is 4.46. The van der Waals surface area contributed by atoms with Crippen LogP contribution in [0.25, 0.3) is 0 Å². The summed E-state index contributed by atoms with van der Waals surface area (Å²) in [5, 5.41) is 9.06. The normalized spacial score (nSPS) is 21.6. The molecule has 2 aliphatic heterocycles. The van der Waals surface area contributed by atoms with E-state index < -0.39 is 11.9 Å². The highest BCUT2D eigenvalue weighted by atomic mass is 16.7. The number of fused-ring (bicyclic) bond motifs is 1. The van der Waals surface area contributed by atoms with Gasteiger partial charge in [0.1, 0.15) is 0 Å². The molecule has 1 atom stereocenters. The van der Waals surface area contributed by atoms with Gasteiger partial charge in [0.05, 0.1) is 5.92 Å². The third kappa shape index (κ3) is 2.09. The Kier molecular flexibility index (Phi) is 2.77. The van der Waals surface area contributed by atoms with E-state index in [0.717, 1.165) is 0 Å². The number of nitrogens with zero attached hydrogens (tertiary/aromatic N) is 1. The quantitative estimate of drug-likeness (QED) is 0.868. The van der Waals surface area contributed by atoms with Crippen molar-refractivity contribution < 1.29 is 24.2 Å². The number of rotatable bonds is 2. The van der Waals surface area contributed by atoms with Gasteiger partial charge >= 0.3 is 5.97 Å². The Morgan fingerprint density at radius 1 is 1.32 bits per heavy atom. The lowest BCUT2D eigenvalue weighted by Crippen LogP contribution is -2.42. The van der Waals surface area contributed by atoms with Crippen molar-refractivity contribution >= 4 is 17.6 Å². The van der Waals surface area contributed by atoms with Crippen LogP contribution < -0.4 is 14.4 Å². The maximum absolute atomic E-state index is 11.9. The number of hydrogen-bond donors (Lipinski definition) is 1. The van der Waals surface area contributed by atoms with E-state index in [9.17, 15) is 9.59 Å². The maximum atomic E-state index is 11.9. The number of carboxylic acid groups (broad SMARTS) is 1. The lowest BCUT2D eigenvalue weighted by atomic mass is 9.97. The molecule has 1 fully saturated rings. The van der Waals surface area contributed by atoms with E-state index in [1.165, 1.54) is 4.90 Å². The fourth-order valence-electron chi connectivity index (χ4n) is 2.35. The molecule has 1 saturated heterocycles. The number of carbonyl (C=O) groups is 2. The van der Waals surface area contributed by atoms with Crippen LogP contribution >= 0.6 is 0 Å². The summed E-state index contributed by atoms with van der Waals surface area (Å²) in [6.45, 7) is 0.373. The fraction of sp³-hybridized carbons (Fsp3) is 0.385. The largest absolute Gasteiger partial charge is 0.481 e. The third-order valence-electron chi connectivity index (χ3n) is 3.43. The summed E-state index contributed by atoms with van der Waals surface area (Å²) < 4.78 is 10.5. The Bertz CT molecular complexity index is 542. The van der Waals surface area contributed by atoms with Gasteiger partial charge in [-0.25, -0.2) is 0 Å². The first-order chi connectivity index (χ1) is 9.15. The second-order valence-corrected chi connectivity index (χ2v) is 4.62. The number of ether oxygens (including phenoxy) is 2. The highest BCUT2D eigenvalue weighted by Crippen LogP contribution is 2.36. The molecule has 1 unspecified atom stereocenters. The van der Waals surface area contributed by atoms with Crippen molar-refractivity contribution in [2.45, 2.75) is 12.8 Å². The summed E-state index contributed by atoms with van der Waals surface area (Å²) in [6, 6.07) is 5.19. The molecule has 0 radical (unpaired) electrons. The van der Waals surface area contributed by atoms with Crippen LogP contribution in [-0.4, -0.2) is 30.3 Å². The number of carbonyl (C=O) groups excluding carboxylic acids is 1. The molecule has 1 amide bonds. The number of anilines is 1. The van der Waals surface area contributed by atoms with E-state index in [0.29, 0.717) is 23.6 Å². The zero-order valence-corrected chi connectivity index (χ0v) is 10.2. The standard InChI is InChI=1S/C13H13NO5/c15-12-4-1-8(13(16)17)6-14(12)9-2-3-10-11(5-9)19-7-18-10/h2-3,5,8H,1,4,6-7H2,(H,16,17). The van der Waals surface area contributed by atoms with Crippen LogP contribution in [-0.2, 0) is 9.59 Å². The average molecular weight is 263 g/mol. The first kappa shape index (κ1) is 11.8. The second-order valence-electron chi connectivity index (χ2n) is 4.62. The number of hydrogen-bond acceptors (Lipinski definition) is 4. The van der Waals surface area contributed by atoms with Gasteiger partial charge in [0.25, 0.3) is 0 Å². The molecule has 2 heterocycles. The van der Waals surface area contributed by atoms with E-state index in [1.54, 1.807) is 18.2 Å². The smallest absolute Gasteiger partial charge is 0.308 e. The number of benzene rings is 1. The predicted molar refractivity (Wildman–Crippen MR) is 65.3 cm³/mol. The van der Waals surface area contributed by atoms with E-state index in [4.69, 9.17) is 14.6 Å². The van der Waals surface area contributed by atoms with Crippen molar-refractivity contribution in [3.05, 3.63) is 18.2 Å². The van der Waals surface area contributed by atoms with Gasteiger partial charge in [-0.2, -0.15) is 0 Å². The van der Waals surface area contributed by atoms with Crippen LogP contribution in [0.15, 0.2) is 18.2 Å². The minimum atomic E-state index is -0.863. The SMILES string of the molecule is O=C(O)C1CCC(=O)N(c2ccc3c(c2)OCO3)C1. The molecule has 6 heteroatoms. The number of aliphatic carboxylic acids is 1. The van der Waals surface area contributed by atoms with Gasteiger partial charge < -0.3 is 19.5 Å². The third-order valence-corrected chi connectivity index (χ3v) is 3.43. The van der Waals surface area contributed by atoms with Gasteiger partial charge in [0.2, 0.25) is 12.7 Å². The molecule has 100 valence electrons. The first-order valence-corrected chi connectivity index (χ1v) is 6.08. The molecule has 3 rings (SSSR count). The van der Waals surface area contributed by atoms with Gasteiger partial charge in [-0.05, 0) is 18.6 Å². The van der Waals surface area contributed by atoms with Crippen molar-refractivity contribution in [2.75, 3.05) is 18.2 Å². The first-order valence-electron chi connectivity index (χ1n) is 6.08. The van der Waals surface area contributed by atoms with Crippen LogP contribution in [0.3, 0.4) is 0 Å². The van der Waals surface area contributed by atoms with Crippen molar-refractivity contribution in [3.8, 4) is 11.5 Å². The number of piperidine rings is 1. The highest BCUT2D eigenvalue weighted by Gasteiger charge is 2.31. The van der Waals surface area contributed by atoms with Crippen molar-refractivity contribution in [1.29, 1.82) is 0 Å². The molecule has 0 spiro atoms. The van der Waals surface area contributed by atoms with Crippen LogP contribution in [0.4, 0.5) is 5.69 Å². The summed E-state index contributed by atoms with van der Waals surface area (Å²) in [5.74, 6) is -0.205. The highest BCUT2D eigenvalue weighted by molar-refractivity contribution is 5.95. The lowest BCUT2D eigenvalue weighted by molar-refractivity contribution is -0.142. The van der Waals surface area contributed by atoms with E-state index in [-0.39, 0.29) is 25.7 Å². The summed E-state index contributed by atoms with van der Waals surface area (Å²) in [5.41, 5.74) is 0.653. The molecular formula is C13H13NO5. The Labute approximate surface area is 109 Å². The Balaban J connectivity index is 1.87. The topological polar surface area (TPSA) is 76.1 Å². The van der Waals surface area contributed by atoms with E-state index in [1.807, 2.05) is 0 Å². The monoisotopic (exact) mass is 263 g/mol. The zero-order chi connectivity index (χ0) is 13.4. The van der Waals surface area contributed by atoms with Gasteiger partial charge in [-0.1, -0.05) is 0 Å². The van der Waals surface area contributed by atoms with Crippen LogP contribution in [0.5, 0.6) is 11.5 Å². The molecule has 0 saturated carbocycles. The summed E-state index contributed by atoms with van der Waals surface area (Å²) in [6.07, 6.45) is 0.653. The minimum Gasteiger partial charge on any atom is -0.481 e. The van der Waals surface area contributed by atoms with Gasteiger partial charge in [-0.15, -0.1) is 0 Å². The molecule has 2 aliphatic rings. The van der Waals surface area contributed by atoms with Crippen LogP contribution in [0.2, 0.25) is 0 Å². The fourth-order valence-corrected chi connectivity index (χ4v) is 2.35. The Hall–Kier alpha value is -2.24. The molecule has 1 aromatic rings. The van der Waals surface area contributed by atoms with E-state index >= 15 is 0 Å². The number of amides is 1. The van der Waals surface area contributed by atoms with Crippen molar-refractivity contribution in [1.82, 2.24) is 0 Å². The van der Waals surface area contributed by atoms with Gasteiger partial charge in [0.15, 0.2) is 11.5 Å². The minimum absolute atomic E-state index is 0.0589. The lowest BCUT2D eigenvalue weighted by Gasteiger charge is -2.30.